The number of thiophene rings is 1. The predicted octanol–water partition coefficient (Wildman–Crippen LogP) is 2.82. The van der Waals surface area contributed by atoms with Crippen LogP contribution in [-0.4, -0.2) is 21.4 Å². The number of primary sulfonamides is 1. The van der Waals surface area contributed by atoms with Crippen molar-refractivity contribution in [2.45, 2.75) is 4.90 Å². The zero-order chi connectivity index (χ0) is 17.0. The van der Waals surface area contributed by atoms with Gasteiger partial charge in [0.25, 0.3) is 0 Å². The highest BCUT2D eigenvalue weighted by atomic mass is 79.9. The number of anilines is 1. The Balaban J connectivity index is 2.16. The molecule has 2 aromatic rings. The van der Waals surface area contributed by atoms with Crippen molar-refractivity contribution >= 4 is 55.0 Å². The number of hydrogen-bond donors (Lipinski definition) is 2. The van der Waals surface area contributed by atoms with Crippen molar-refractivity contribution in [3.05, 3.63) is 45.1 Å². The summed E-state index contributed by atoms with van der Waals surface area (Å²) < 4.78 is 29.0. The zero-order valence-corrected chi connectivity index (χ0v) is 15.2. The third-order valence-corrected chi connectivity index (χ3v) is 5.25. The van der Waals surface area contributed by atoms with Crippen LogP contribution in [-0.2, 0) is 14.8 Å². The first-order valence-electron chi connectivity index (χ1n) is 6.25. The Labute approximate surface area is 146 Å². The first-order chi connectivity index (χ1) is 10.8. The summed E-state index contributed by atoms with van der Waals surface area (Å²) in [5, 5.41) is 7.71. The Kier molecular flexibility index (Phi) is 5.58. The van der Waals surface area contributed by atoms with Crippen LogP contribution in [0.15, 0.2) is 45.1 Å². The van der Waals surface area contributed by atoms with Crippen LogP contribution in [0.1, 0.15) is 4.88 Å². The van der Waals surface area contributed by atoms with Gasteiger partial charge in [-0.3, -0.25) is 4.79 Å². The van der Waals surface area contributed by atoms with E-state index in [4.69, 9.17) is 9.88 Å². The van der Waals surface area contributed by atoms with Crippen molar-refractivity contribution in [3.8, 4) is 5.75 Å². The van der Waals surface area contributed by atoms with Gasteiger partial charge in [0.05, 0.1) is 10.9 Å². The average Bonchev–Trinajstić information content (AvgIpc) is 2.90. The maximum absolute atomic E-state index is 11.9. The minimum atomic E-state index is -3.95. The lowest BCUT2D eigenvalue weighted by Gasteiger charge is -2.09. The fraction of sp³-hybridized carbons (Fsp3) is 0.0714. The number of benzene rings is 1. The fourth-order valence-electron chi connectivity index (χ4n) is 1.74. The van der Waals surface area contributed by atoms with Crippen LogP contribution in [0.3, 0.4) is 0 Å². The van der Waals surface area contributed by atoms with Crippen LogP contribution in [0.2, 0.25) is 0 Å². The molecule has 0 saturated carbocycles. The summed E-state index contributed by atoms with van der Waals surface area (Å²) in [5.74, 6) is -0.274. The molecule has 0 unspecified atom stereocenters. The maximum Gasteiger partial charge on any atom is 0.248 e. The van der Waals surface area contributed by atoms with Gasteiger partial charge in [0.15, 0.2) is 0 Å². The Morgan fingerprint density at radius 1 is 1.35 bits per heavy atom. The minimum absolute atomic E-state index is 0.115. The second-order valence-electron chi connectivity index (χ2n) is 4.38. The molecule has 0 aliphatic heterocycles. The largest absolute Gasteiger partial charge is 0.495 e. The summed E-state index contributed by atoms with van der Waals surface area (Å²) in [7, 11) is -2.62. The van der Waals surface area contributed by atoms with Crippen LogP contribution in [0.25, 0.3) is 6.08 Å². The zero-order valence-electron chi connectivity index (χ0n) is 11.9. The number of carbonyl (C=O) groups is 1. The predicted molar refractivity (Wildman–Crippen MR) is 94.0 cm³/mol. The number of halogens is 1. The van der Waals surface area contributed by atoms with Crippen molar-refractivity contribution in [2.75, 3.05) is 12.4 Å². The average molecular weight is 417 g/mol. The summed E-state index contributed by atoms with van der Waals surface area (Å²) in [6.07, 6.45) is 3.02. The lowest BCUT2D eigenvalue weighted by Crippen LogP contribution is -2.15. The van der Waals surface area contributed by atoms with Crippen LogP contribution in [0.4, 0.5) is 5.69 Å². The molecule has 0 aliphatic carbocycles. The topological polar surface area (TPSA) is 98.5 Å². The van der Waals surface area contributed by atoms with Crippen molar-refractivity contribution in [1.29, 1.82) is 0 Å². The molecule has 0 atom stereocenters. The molecule has 0 fully saturated rings. The van der Waals surface area contributed by atoms with E-state index in [-0.39, 0.29) is 16.6 Å². The van der Waals surface area contributed by atoms with E-state index >= 15 is 0 Å². The van der Waals surface area contributed by atoms with Gasteiger partial charge in [-0.25, -0.2) is 13.6 Å². The highest BCUT2D eigenvalue weighted by Crippen LogP contribution is 2.26. The minimum Gasteiger partial charge on any atom is -0.495 e. The molecule has 1 aromatic heterocycles. The maximum atomic E-state index is 11.9. The van der Waals surface area contributed by atoms with Gasteiger partial charge in [0, 0.05) is 16.6 Å². The van der Waals surface area contributed by atoms with Gasteiger partial charge in [-0.15, -0.1) is 11.3 Å². The monoisotopic (exact) mass is 416 g/mol. The molecule has 0 spiro atoms. The van der Waals surface area contributed by atoms with Crippen LogP contribution in [0.5, 0.6) is 5.75 Å². The number of amides is 1. The molecule has 122 valence electrons. The number of sulfonamides is 1. The molecule has 6 nitrogen and oxygen atoms in total. The van der Waals surface area contributed by atoms with Crippen molar-refractivity contribution in [2.24, 2.45) is 5.14 Å². The third-order valence-electron chi connectivity index (χ3n) is 2.73. The molecule has 1 aromatic carbocycles. The molecule has 9 heteroatoms. The van der Waals surface area contributed by atoms with Gasteiger partial charge in [-0.05, 0) is 52.3 Å². The van der Waals surface area contributed by atoms with Crippen LogP contribution < -0.4 is 15.2 Å². The standard InChI is InChI=1S/C14H13BrN2O4S2/c1-21-11-5-2-9(8-12(11)23(16,19)20)17-14(18)7-4-10-3-6-13(15)22-10/h2-8H,1H3,(H,17,18)(H2,16,19,20). The number of nitrogens with two attached hydrogens (primary N) is 1. The summed E-state index contributed by atoms with van der Waals surface area (Å²) in [6, 6.07) is 7.95. The number of rotatable bonds is 5. The second kappa shape index (κ2) is 7.26. The van der Waals surface area contributed by atoms with Crippen molar-refractivity contribution in [3.63, 3.8) is 0 Å². The number of methoxy groups -OCH3 is 1. The van der Waals surface area contributed by atoms with Gasteiger partial charge in [0.2, 0.25) is 15.9 Å². The lowest BCUT2D eigenvalue weighted by molar-refractivity contribution is -0.111. The molecular weight excluding hydrogens is 404 g/mol. The normalized spacial score (nSPS) is 11.6. The number of hydrogen-bond acceptors (Lipinski definition) is 5. The summed E-state index contributed by atoms with van der Waals surface area (Å²) in [4.78, 5) is 12.6. The fourth-order valence-corrected chi connectivity index (χ4v) is 3.79. The second-order valence-corrected chi connectivity index (χ2v) is 8.40. The van der Waals surface area contributed by atoms with Gasteiger partial charge in [0.1, 0.15) is 10.6 Å². The number of carbonyl (C=O) groups excluding carboxylic acids is 1. The van der Waals surface area contributed by atoms with E-state index in [1.54, 1.807) is 6.08 Å². The van der Waals surface area contributed by atoms with E-state index in [1.165, 1.54) is 42.7 Å². The molecular formula is C14H13BrN2O4S2. The highest BCUT2D eigenvalue weighted by molar-refractivity contribution is 9.11. The van der Waals surface area contributed by atoms with Gasteiger partial charge < -0.3 is 10.1 Å². The highest BCUT2D eigenvalue weighted by Gasteiger charge is 2.16. The SMILES string of the molecule is COc1ccc(NC(=O)C=Cc2ccc(Br)s2)cc1S(N)(=O)=O. The Hall–Kier alpha value is -1.68. The van der Waals surface area contributed by atoms with Gasteiger partial charge >= 0.3 is 0 Å². The molecule has 23 heavy (non-hydrogen) atoms. The number of nitrogens with one attached hydrogen (secondary N) is 1. The Morgan fingerprint density at radius 3 is 2.65 bits per heavy atom. The Bertz CT molecular complexity index is 859. The molecule has 1 heterocycles. The first-order valence-corrected chi connectivity index (χ1v) is 9.40. The molecule has 0 aliphatic rings. The molecule has 1 amide bonds. The summed E-state index contributed by atoms with van der Waals surface area (Å²) >= 11 is 4.82. The van der Waals surface area contributed by atoms with E-state index in [2.05, 4.69) is 21.2 Å². The third kappa shape index (κ3) is 4.90. The van der Waals surface area contributed by atoms with E-state index in [0.29, 0.717) is 5.69 Å². The van der Waals surface area contributed by atoms with Crippen LogP contribution in [0, 0.1) is 0 Å². The Morgan fingerprint density at radius 2 is 2.09 bits per heavy atom. The van der Waals surface area contributed by atoms with Crippen molar-refractivity contribution < 1.29 is 17.9 Å². The summed E-state index contributed by atoms with van der Waals surface area (Å²) in [6.45, 7) is 0. The molecule has 2 rings (SSSR count). The van der Waals surface area contributed by atoms with E-state index in [9.17, 15) is 13.2 Å². The van der Waals surface area contributed by atoms with Crippen molar-refractivity contribution in [1.82, 2.24) is 0 Å². The van der Waals surface area contributed by atoms with E-state index in [0.717, 1.165) is 8.66 Å². The molecule has 0 radical (unpaired) electrons. The smallest absolute Gasteiger partial charge is 0.248 e. The van der Waals surface area contributed by atoms with Gasteiger partial charge in [-0.2, -0.15) is 0 Å². The van der Waals surface area contributed by atoms with Crippen LogP contribution >= 0.6 is 27.3 Å². The number of ether oxygens (including phenoxy) is 1. The molecule has 3 N–H and O–H groups in total. The summed E-state index contributed by atoms with van der Waals surface area (Å²) in [5.41, 5.74) is 0.303. The quantitative estimate of drug-likeness (QED) is 0.731. The first kappa shape index (κ1) is 17.7. The van der Waals surface area contributed by atoms with E-state index < -0.39 is 10.0 Å². The molecule has 0 bridgehead atoms. The van der Waals surface area contributed by atoms with Gasteiger partial charge in [-0.1, -0.05) is 0 Å². The van der Waals surface area contributed by atoms with E-state index in [1.807, 2.05) is 12.1 Å². The lowest BCUT2D eigenvalue weighted by atomic mass is 10.3. The molecule has 0 saturated heterocycles.